The Labute approximate surface area is 116 Å². The Kier molecular flexibility index (Phi) is 5.08. The lowest BCUT2D eigenvalue weighted by Crippen LogP contribution is -2.19. The highest BCUT2D eigenvalue weighted by Gasteiger charge is 2.21. The second-order valence-corrected chi connectivity index (χ2v) is 5.37. The van der Waals surface area contributed by atoms with Crippen LogP contribution in [0.1, 0.15) is 43.7 Å². The van der Waals surface area contributed by atoms with Gasteiger partial charge in [0.05, 0.1) is 14.2 Å². The van der Waals surface area contributed by atoms with Crippen molar-refractivity contribution in [2.45, 2.75) is 38.1 Å². The van der Waals surface area contributed by atoms with Gasteiger partial charge in [-0.05, 0) is 37.1 Å². The van der Waals surface area contributed by atoms with Crippen LogP contribution in [0.5, 0.6) is 11.5 Å². The molecule has 1 atom stereocenters. The van der Waals surface area contributed by atoms with Crippen molar-refractivity contribution in [2.75, 3.05) is 21.3 Å². The van der Waals surface area contributed by atoms with Crippen molar-refractivity contribution in [3.8, 4) is 11.5 Å². The van der Waals surface area contributed by atoms with Gasteiger partial charge in [-0.25, -0.2) is 0 Å². The predicted molar refractivity (Wildman–Crippen MR) is 77.9 cm³/mol. The van der Waals surface area contributed by atoms with Crippen molar-refractivity contribution in [1.82, 2.24) is 5.32 Å². The minimum absolute atomic E-state index is 0.382. The van der Waals surface area contributed by atoms with Crippen LogP contribution in [0.25, 0.3) is 0 Å². The summed E-state index contributed by atoms with van der Waals surface area (Å²) in [4.78, 5) is 0. The van der Waals surface area contributed by atoms with Gasteiger partial charge in [-0.3, -0.25) is 0 Å². The molecular formula is C16H25NO2. The number of methoxy groups -OCH3 is 2. The average molecular weight is 263 g/mol. The Hall–Kier alpha value is -1.22. The molecule has 1 N–H and O–H groups in total. The number of hydrogen-bond acceptors (Lipinski definition) is 3. The molecule has 3 heteroatoms. The number of ether oxygens (including phenoxy) is 2. The normalized spacial score (nSPS) is 17.4. The SMILES string of the molecule is CNC(CC1CCCC1)c1cc(OC)cc(OC)c1. The predicted octanol–water partition coefficient (Wildman–Crippen LogP) is 3.54. The molecule has 1 unspecified atom stereocenters. The first kappa shape index (κ1) is 14.2. The first-order chi connectivity index (χ1) is 9.26. The molecule has 106 valence electrons. The second kappa shape index (κ2) is 6.80. The van der Waals surface area contributed by atoms with E-state index in [4.69, 9.17) is 9.47 Å². The van der Waals surface area contributed by atoms with Crippen LogP contribution < -0.4 is 14.8 Å². The van der Waals surface area contributed by atoms with Crippen LogP contribution in [0.2, 0.25) is 0 Å². The van der Waals surface area contributed by atoms with E-state index in [1.54, 1.807) is 14.2 Å². The molecular weight excluding hydrogens is 238 g/mol. The van der Waals surface area contributed by atoms with Crippen LogP contribution in [0.3, 0.4) is 0 Å². The molecule has 1 aromatic carbocycles. The van der Waals surface area contributed by atoms with Gasteiger partial charge in [0.25, 0.3) is 0 Å². The van der Waals surface area contributed by atoms with E-state index < -0.39 is 0 Å². The Bertz CT molecular complexity index is 377. The van der Waals surface area contributed by atoms with E-state index >= 15 is 0 Å². The van der Waals surface area contributed by atoms with Crippen molar-refractivity contribution >= 4 is 0 Å². The molecule has 0 aliphatic heterocycles. The monoisotopic (exact) mass is 263 g/mol. The van der Waals surface area contributed by atoms with Gasteiger partial charge in [-0.15, -0.1) is 0 Å². The van der Waals surface area contributed by atoms with Gasteiger partial charge in [0.2, 0.25) is 0 Å². The fraction of sp³-hybridized carbons (Fsp3) is 0.625. The van der Waals surface area contributed by atoms with Crippen molar-refractivity contribution in [3.63, 3.8) is 0 Å². The summed E-state index contributed by atoms with van der Waals surface area (Å²) >= 11 is 0. The van der Waals surface area contributed by atoms with Gasteiger partial charge in [0.15, 0.2) is 0 Å². The lowest BCUT2D eigenvalue weighted by Gasteiger charge is -2.21. The van der Waals surface area contributed by atoms with E-state index in [1.807, 2.05) is 13.1 Å². The summed E-state index contributed by atoms with van der Waals surface area (Å²) in [6, 6.07) is 6.52. The third kappa shape index (κ3) is 3.63. The van der Waals surface area contributed by atoms with Crippen molar-refractivity contribution in [3.05, 3.63) is 23.8 Å². The minimum Gasteiger partial charge on any atom is -0.497 e. The van der Waals surface area contributed by atoms with Crippen LogP contribution in [-0.2, 0) is 0 Å². The first-order valence-electron chi connectivity index (χ1n) is 7.17. The maximum atomic E-state index is 5.35. The minimum atomic E-state index is 0.382. The fourth-order valence-electron chi connectivity index (χ4n) is 3.03. The van der Waals surface area contributed by atoms with E-state index in [2.05, 4.69) is 17.4 Å². The number of rotatable bonds is 6. The Balaban J connectivity index is 2.15. The third-order valence-electron chi connectivity index (χ3n) is 4.17. The summed E-state index contributed by atoms with van der Waals surface area (Å²) in [5, 5.41) is 3.44. The molecule has 1 aliphatic rings. The highest BCUT2D eigenvalue weighted by Crippen LogP contribution is 2.35. The summed E-state index contributed by atoms with van der Waals surface area (Å²) < 4.78 is 10.7. The summed E-state index contributed by atoms with van der Waals surface area (Å²) in [5.41, 5.74) is 1.26. The van der Waals surface area contributed by atoms with Gasteiger partial charge in [0.1, 0.15) is 11.5 Å². The lowest BCUT2D eigenvalue weighted by atomic mass is 9.93. The molecule has 1 aliphatic carbocycles. The van der Waals surface area contributed by atoms with Gasteiger partial charge in [-0.2, -0.15) is 0 Å². The van der Waals surface area contributed by atoms with Crippen molar-refractivity contribution in [1.29, 1.82) is 0 Å². The Morgan fingerprint density at radius 2 is 1.68 bits per heavy atom. The average Bonchev–Trinajstić information content (AvgIpc) is 2.97. The Morgan fingerprint density at radius 3 is 2.16 bits per heavy atom. The largest absolute Gasteiger partial charge is 0.497 e. The molecule has 0 bridgehead atoms. The van der Waals surface area contributed by atoms with Crippen LogP contribution in [0.15, 0.2) is 18.2 Å². The van der Waals surface area contributed by atoms with E-state index in [0.29, 0.717) is 6.04 Å². The van der Waals surface area contributed by atoms with Gasteiger partial charge in [0, 0.05) is 12.1 Å². The molecule has 3 nitrogen and oxygen atoms in total. The van der Waals surface area contributed by atoms with Crippen LogP contribution in [0.4, 0.5) is 0 Å². The fourth-order valence-corrected chi connectivity index (χ4v) is 3.03. The molecule has 19 heavy (non-hydrogen) atoms. The molecule has 0 aromatic heterocycles. The van der Waals surface area contributed by atoms with Crippen molar-refractivity contribution in [2.24, 2.45) is 5.92 Å². The molecule has 2 rings (SSSR count). The van der Waals surface area contributed by atoms with Gasteiger partial charge >= 0.3 is 0 Å². The zero-order valence-electron chi connectivity index (χ0n) is 12.2. The highest BCUT2D eigenvalue weighted by atomic mass is 16.5. The molecule has 0 amide bonds. The third-order valence-corrected chi connectivity index (χ3v) is 4.17. The molecule has 0 radical (unpaired) electrons. The quantitative estimate of drug-likeness (QED) is 0.851. The molecule has 0 heterocycles. The summed E-state index contributed by atoms with van der Waals surface area (Å²) in [5.74, 6) is 2.58. The number of nitrogens with one attached hydrogen (secondary N) is 1. The lowest BCUT2D eigenvalue weighted by molar-refractivity contribution is 0.384. The molecule has 1 aromatic rings. The topological polar surface area (TPSA) is 30.5 Å². The molecule has 1 fully saturated rings. The summed E-state index contributed by atoms with van der Waals surface area (Å²) in [6.07, 6.45) is 6.73. The van der Waals surface area contributed by atoms with Crippen LogP contribution in [-0.4, -0.2) is 21.3 Å². The maximum absolute atomic E-state index is 5.35. The highest BCUT2D eigenvalue weighted by molar-refractivity contribution is 5.39. The van der Waals surface area contributed by atoms with E-state index in [1.165, 1.54) is 37.7 Å². The standard InChI is InChI=1S/C16H25NO2/c1-17-16(8-12-6-4-5-7-12)13-9-14(18-2)11-15(10-13)19-3/h9-12,16-17H,4-8H2,1-3H3. The smallest absolute Gasteiger partial charge is 0.122 e. The Morgan fingerprint density at radius 1 is 1.11 bits per heavy atom. The second-order valence-electron chi connectivity index (χ2n) is 5.37. The van der Waals surface area contributed by atoms with Crippen LogP contribution >= 0.6 is 0 Å². The maximum Gasteiger partial charge on any atom is 0.122 e. The van der Waals surface area contributed by atoms with E-state index in [9.17, 15) is 0 Å². The number of hydrogen-bond donors (Lipinski definition) is 1. The van der Waals surface area contributed by atoms with Gasteiger partial charge in [-0.1, -0.05) is 25.7 Å². The first-order valence-corrected chi connectivity index (χ1v) is 7.17. The summed E-state index contributed by atoms with van der Waals surface area (Å²) in [6.45, 7) is 0. The van der Waals surface area contributed by atoms with Crippen LogP contribution in [0, 0.1) is 5.92 Å². The van der Waals surface area contributed by atoms with E-state index in [-0.39, 0.29) is 0 Å². The number of benzene rings is 1. The zero-order chi connectivity index (χ0) is 13.7. The molecule has 0 saturated heterocycles. The summed E-state index contributed by atoms with van der Waals surface area (Å²) in [7, 11) is 5.43. The van der Waals surface area contributed by atoms with Gasteiger partial charge < -0.3 is 14.8 Å². The molecule has 0 spiro atoms. The molecule has 1 saturated carbocycles. The zero-order valence-corrected chi connectivity index (χ0v) is 12.2. The van der Waals surface area contributed by atoms with Crippen molar-refractivity contribution < 1.29 is 9.47 Å². The van der Waals surface area contributed by atoms with E-state index in [0.717, 1.165) is 17.4 Å².